The third-order valence-corrected chi connectivity index (χ3v) is 4.60. The summed E-state index contributed by atoms with van der Waals surface area (Å²) in [6.45, 7) is 11.9. The predicted molar refractivity (Wildman–Crippen MR) is 82.1 cm³/mol. The molecule has 118 valence electrons. The van der Waals surface area contributed by atoms with Crippen molar-refractivity contribution < 1.29 is 9.90 Å². The van der Waals surface area contributed by atoms with Gasteiger partial charge in [0.15, 0.2) is 0 Å². The lowest BCUT2D eigenvalue weighted by Crippen LogP contribution is -2.57. The van der Waals surface area contributed by atoms with Crippen LogP contribution in [-0.2, 0) is 4.79 Å². The fourth-order valence-electron chi connectivity index (χ4n) is 2.75. The lowest BCUT2D eigenvalue weighted by molar-refractivity contribution is -0.144. The molecule has 20 heavy (non-hydrogen) atoms. The number of carbonyl (C=O) groups is 1. The second-order valence-electron chi connectivity index (χ2n) is 6.44. The van der Waals surface area contributed by atoms with Gasteiger partial charge in [0.1, 0.15) is 5.54 Å². The lowest BCUT2D eigenvalue weighted by atomic mass is 9.96. The van der Waals surface area contributed by atoms with Crippen molar-refractivity contribution in [2.45, 2.75) is 58.2 Å². The molecule has 0 aromatic carbocycles. The maximum absolute atomic E-state index is 11.5. The molecule has 3 unspecified atom stereocenters. The zero-order valence-electron chi connectivity index (χ0n) is 13.6. The van der Waals surface area contributed by atoms with Crippen LogP contribution < -0.4 is 5.32 Å². The quantitative estimate of drug-likeness (QED) is 0.737. The lowest BCUT2D eigenvalue weighted by Gasteiger charge is -2.43. The van der Waals surface area contributed by atoms with Crippen molar-refractivity contribution in [1.29, 1.82) is 0 Å². The minimum absolute atomic E-state index is 0.526. The second kappa shape index (κ2) is 7.38. The Morgan fingerprint density at radius 2 is 1.90 bits per heavy atom. The highest BCUT2D eigenvalue weighted by Gasteiger charge is 2.34. The highest BCUT2D eigenvalue weighted by Crippen LogP contribution is 2.17. The van der Waals surface area contributed by atoms with E-state index in [1.165, 1.54) is 0 Å². The number of aliphatic carboxylic acids is 1. The molecule has 2 N–H and O–H groups in total. The van der Waals surface area contributed by atoms with E-state index < -0.39 is 11.5 Å². The van der Waals surface area contributed by atoms with Crippen LogP contribution in [0.2, 0.25) is 0 Å². The minimum atomic E-state index is -0.814. The smallest absolute Gasteiger partial charge is 0.323 e. The van der Waals surface area contributed by atoms with Crippen LogP contribution in [0.3, 0.4) is 0 Å². The van der Waals surface area contributed by atoms with E-state index in [2.05, 4.69) is 42.9 Å². The summed E-state index contributed by atoms with van der Waals surface area (Å²) in [6, 6.07) is 1.05. The van der Waals surface area contributed by atoms with Crippen LogP contribution in [0.1, 0.15) is 40.5 Å². The molecule has 0 aromatic rings. The number of nitrogens with one attached hydrogen (secondary N) is 1. The van der Waals surface area contributed by atoms with E-state index in [-0.39, 0.29) is 0 Å². The number of hydrogen-bond acceptors (Lipinski definition) is 4. The summed E-state index contributed by atoms with van der Waals surface area (Å²) < 4.78 is 0. The van der Waals surface area contributed by atoms with Crippen molar-refractivity contribution in [3.8, 4) is 0 Å². The average Bonchev–Trinajstić information content (AvgIpc) is 2.39. The summed E-state index contributed by atoms with van der Waals surface area (Å²) in [5, 5.41) is 12.6. The molecule has 1 saturated heterocycles. The number of nitrogens with zero attached hydrogens (tertiary/aromatic N) is 2. The molecule has 1 aliphatic heterocycles. The van der Waals surface area contributed by atoms with E-state index in [0.29, 0.717) is 18.5 Å². The molecular weight excluding hydrogens is 254 g/mol. The summed E-state index contributed by atoms with van der Waals surface area (Å²) >= 11 is 0. The third-order valence-electron chi connectivity index (χ3n) is 4.60. The van der Waals surface area contributed by atoms with Gasteiger partial charge >= 0.3 is 5.97 Å². The van der Waals surface area contributed by atoms with Crippen molar-refractivity contribution >= 4 is 5.97 Å². The molecule has 0 spiro atoms. The number of likely N-dealkylation sites (N-methyl/N-ethyl adjacent to an activating group) is 1. The number of rotatable bonds is 7. The second-order valence-corrected chi connectivity index (χ2v) is 6.44. The van der Waals surface area contributed by atoms with Gasteiger partial charge in [0.25, 0.3) is 0 Å². The van der Waals surface area contributed by atoms with Crippen LogP contribution >= 0.6 is 0 Å². The van der Waals surface area contributed by atoms with Gasteiger partial charge in [-0.15, -0.1) is 0 Å². The van der Waals surface area contributed by atoms with Gasteiger partial charge in [-0.3, -0.25) is 9.69 Å². The van der Waals surface area contributed by atoms with E-state index in [1.54, 1.807) is 6.92 Å². The molecule has 1 rings (SSSR count). The van der Waals surface area contributed by atoms with E-state index >= 15 is 0 Å². The summed E-state index contributed by atoms with van der Waals surface area (Å²) in [4.78, 5) is 16.3. The minimum Gasteiger partial charge on any atom is -0.480 e. The Morgan fingerprint density at radius 1 is 1.35 bits per heavy atom. The van der Waals surface area contributed by atoms with E-state index in [9.17, 15) is 9.90 Å². The summed E-state index contributed by atoms with van der Waals surface area (Å²) in [5.41, 5.74) is -0.814. The predicted octanol–water partition coefficient (Wildman–Crippen LogP) is 1.24. The van der Waals surface area contributed by atoms with Gasteiger partial charge in [0.05, 0.1) is 0 Å². The number of piperazine rings is 1. The molecule has 0 radical (unpaired) electrons. The fourth-order valence-corrected chi connectivity index (χ4v) is 2.75. The first-order valence-corrected chi connectivity index (χ1v) is 7.73. The van der Waals surface area contributed by atoms with Crippen LogP contribution in [0.5, 0.6) is 0 Å². The van der Waals surface area contributed by atoms with Gasteiger partial charge in [-0.05, 0) is 47.2 Å². The van der Waals surface area contributed by atoms with Crippen molar-refractivity contribution in [1.82, 2.24) is 15.1 Å². The van der Waals surface area contributed by atoms with Crippen molar-refractivity contribution in [2.75, 3.05) is 33.2 Å². The van der Waals surface area contributed by atoms with Gasteiger partial charge in [-0.25, -0.2) is 0 Å². The third kappa shape index (κ3) is 4.43. The SMILES string of the molecule is CCCNC(C)(CCN1CC(C)N(C)C(C)C1)C(=O)O. The van der Waals surface area contributed by atoms with Gasteiger partial charge in [-0.1, -0.05) is 6.92 Å². The molecule has 0 bridgehead atoms. The number of carboxylic acids is 1. The number of carboxylic acid groups (broad SMARTS) is 1. The van der Waals surface area contributed by atoms with Gasteiger partial charge in [0, 0.05) is 31.7 Å². The first-order valence-electron chi connectivity index (χ1n) is 7.73. The molecule has 3 atom stereocenters. The summed E-state index contributed by atoms with van der Waals surface area (Å²) in [6.07, 6.45) is 1.59. The van der Waals surface area contributed by atoms with E-state index in [4.69, 9.17) is 0 Å². The highest BCUT2D eigenvalue weighted by molar-refractivity contribution is 5.78. The molecule has 0 aliphatic carbocycles. The Morgan fingerprint density at radius 3 is 2.35 bits per heavy atom. The Bertz CT molecular complexity index is 312. The van der Waals surface area contributed by atoms with Crippen LogP contribution in [0.4, 0.5) is 0 Å². The summed E-state index contributed by atoms with van der Waals surface area (Å²) in [7, 11) is 2.16. The monoisotopic (exact) mass is 285 g/mol. The van der Waals surface area contributed by atoms with E-state index in [1.807, 2.05) is 0 Å². The zero-order chi connectivity index (χ0) is 15.3. The Hall–Kier alpha value is -0.650. The largest absolute Gasteiger partial charge is 0.480 e. The Balaban J connectivity index is 2.53. The summed E-state index contributed by atoms with van der Waals surface area (Å²) in [5.74, 6) is -0.749. The van der Waals surface area contributed by atoms with Crippen molar-refractivity contribution in [3.63, 3.8) is 0 Å². The number of hydrogen-bond donors (Lipinski definition) is 2. The molecule has 1 heterocycles. The molecule has 0 amide bonds. The molecule has 5 heteroatoms. The van der Waals surface area contributed by atoms with Gasteiger partial charge < -0.3 is 15.3 Å². The first-order chi connectivity index (χ1) is 9.30. The van der Waals surface area contributed by atoms with Gasteiger partial charge in [-0.2, -0.15) is 0 Å². The molecule has 1 aliphatic rings. The maximum Gasteiger partial charge on any atom is 0.323 e. The van der Waals surface area contributed by atoms with Crippen LogP contribution in [-0.4, -0.2) is 71.7 Å². The van der Waals surface area contributed by atoms with Crippen molar-refractivity contribution in [3.05, 3.63) is 0 Å². The van der Waals surface area contributed by atoms with Crippen LogP contribution in [0.25, 0.3) is 0 Å². The molecule has 1 fully saturated rings. The first kappa shape index (κ1) is 17.4. The highest BCUT2D eigenvalue weighted by atomic mass is 16.4. The van der Waals surface area contributed by atoms with Crippen LogP contribution in [0, 0.1) is 0 Å². The van der Waals surface area contributed by atoms with Crippen molar-refractivity contribution in [2.24, 2.45) is 0 Å². The fraction of sp³-hybridized carbons (Fsp3) is 0.933. The zero-order valence-corrected chi connectivity index (χ0v) is 13.6. The molecule has 0 aromatic heterocycles. The molecule has 0 saturated carbocycles. The van der Waals surface area contributed by atoms with E-state index in [0.717, 1.165) is 32.6 Å². The molecule has 5 nitrogen and oxygen atoms in total. The standard InChI is InChI=1S/C15H31N3O2/c1-6-8-16-15(4,14(19)20)7-9-18-10-12(2)17(5)13(3)11-18/h12-13,16H,6-11H2,1-5H3,(H,19,20). The van der Waals surface area contributed by atoms with Gasteiger partial charge in [0.2, 0.25) is 0 Å². The van der Waals surface area contributed by atoms with Crippen LogP contribution in [0.15, 0.2) is 0 Å². The Kier molecular flexibility index (Phi) is 6.43. The topological polar surface area (TPSA) is 55.8 Å². The molecular formula is C15H31N3O2. The average molecular weight is 285 g/mol. The Labute approximate surface area is 123 Å². The normalized spacial score (nSPS) is 28.2. The maximum atomic E-state index is 11.5.